The van der Waals surface area contributed by atoms with Crippen molar-refractivity contribution in [2.24, 2.45) is 5.92 Å². The van der Waals surface area contributed by atoms with Crippen LogP contribution in [0.3, 0.4) is 0 Å². The number of nitrogens with one attached hydrogen (secondary N) is 1. The first-order chi connectivity index (χ1) is 9.27. The van der Waals surface area contributed by atoms with Crippen molar-refractivity contribution in [1.82, 2.24) is 5.32 Å². The van der Waals surface area contributed by atoms with Gasteiger partial charge in [0.25, 0.3) is 9.05 Å². The van der Waals surface area contributed by atoms with E-state index in [9.17, 15) is 13.2 Å². The lowest BCUT2D eigenvalue weighted by Crippen LogP contribution is -2.30. The largest absolute Gasteiger partial charge is 0.491 e. The van der Waals surface area contributed by atoms with Gasteiger partial charge in [-0.15, -0.1) is 0 Å². The van der Waals surface area contributed by atoms with E-state index in [0.717, 1.165) is 0 Å². The quantitative estimate of drug-likeness (QED) is 0.864. The van der Waals surface area contributed by atoms with Crippen molar-refractivity contribution < 1.29 is 17.9 Å². The van der Waals surface area contributed by atoms with Gasteiger partial charge in [0.2, 0.25) is 5.91 Å². The lowest BCUT2D eigenvalue weighted by atomic mass is 10.1. The van der Waals surface area contributed by atoms with Crippen molar-refractivity contribution in [2.45, 2.75) is 31.2 Å². The van der Waals surface area contributed by atoms with Gasteiger partial charge in [-0.25, -0.2) is 8.42 Å². The Morgan fingerprint density at radius 2 is 2.20 bits per heavy atom. The molecule has 5 nitrogen and oxygen atoms in total. The highest BCUT2D eigenvalue weighted by atomic mass is 35.7. The molecule has 1 amide bonds. The zero-order valence-electron chi connectivity index (χ0n) is 11.2. The highest BCUT2D eigenvalue weighted by Gasteiger charge is 2.27. The van der Waals surface area contributed by atoms with Crippen LogP contribution in [0.25, 0.3) is 0 Å². The van der Waals surface area contributed by atoms with Gasteiger partial charge in [0.15, 0.2) is 0 Å². The number of hydrogen-bond donors (Lipinski definition) is 1. The summed E-state index contributed by atoms with van der Waals surface area (Å²) in [6.07, 6.45) is 0.416. The number of ether oxygens (including phenoxy) is 1. The molecule has 1 aromatic carbocycles. The number of carbonyl (C=O) groups is 1. The van der Waals surface area contributed by atoms with Crippen LogP contribution in [0.5, 0.6) is 5.75 Å². The van der Waals surface area contributed by atoms with E-state index >= 15 is 0 Å². The van der Waals surface area contributed by atoms with E-state index in [1.54, 1.807) is 6.07 Å². The van der Waals surface area contributed by atoms with Crippen LogP contribution in [0.1, 0.15) is 31.9 Å². The van der Waals surface area contributed by atoms with Crippen molar-refractivity contribution in [1.29, 1.82) is 0 Å². The van der Waals surface area contributed by atoms with E-state index in [2.05, 4.69) is 5.32 Å². The van der Waals surface area contributed by atoms with Crippen LogP contribution in [0, 0.1) is 5.92 Å². The average Bonchev–Trinajstić information content (AvgIpc) is 2.69. The topological polar surface area (TPSA) is 72.5 Å². The molecular formula is C13H16ClNO4S. The fourth-order valence-electron chi connectivity index (χ4n) is 2.09. The first-order valence-electron chi connectivity index (χ1n) is 6.28. The third-order valence-electron chi connectivity index (χ3n) is 2.97. The number of halogens is 1. The summed E-state index contributed by atoms with van der Waals surface area (Å²) in [5.41, 5.74) is 0.642. The van der Waals surface area contributed by atoms with Gasteiger partial charge in [0.1, 0.15) is 12.4 Å². The number of rotatable bonds is 4. The average molecular weight is 318 g/mol. The molecule has 20 heavy (non-hydrogen) atoms. The Morgan fingerprint density at radius 1 is 1.50 bits per heavy atom. The molecule has 1 heterocycles. The molecule has 2 rings (SSSR count). The predicted molar refractivity (Wildman–Crippen MR) is 75.3 cm³/mol. The molecule has 0 aromatic heterocycles. The monoisotopic (exact) mass is 317 g/mol. The second-order valence-corrected chi connectivity index (χ2v) is 7.73. The Balaban J connectivity index is 2.21. The molecule has 110 valence electrons. The van der Waals surface area contributed by atoms with E-state index < -0.39 is 9.05 Å². The number of hydrogen-bond acceptors (Lipinski definition) is 4. The van der Waals surface area contributed by atoms with Crippen LogP contribution in [-0.4, -0.2) is 20.9 Å². The fraction of sp³-hybridized carbons (Fsp3) is 0.462. The normalized spacial score (nSPS) is 17.7. The predicted octanol–water partition coefficient (Wildman–Crippen LogP) is 2.21. The molecule has 1 aliphatic rings. The maximum absolute atomic E-state index is 11.8. The maximum atomic E-state index is 11.8. The van der Waals surface area contributed by atoms with Crippen molar-refractivity contribution in [3.05, 3.63) is 23.8 Å². The van der Waals surface area contributed by atoms with Gasteiger partial charge >= 0.3 is 0 Å². The minimum absolute atomic E-state index is 0.00604. The summed E-state index contributed by atoms with van der Waals surface area (Å²) >= 11 is 0. The summed E-state index contributed by atoms with van der Waals surface area (Å²) in [4.78, 5) is 11.8. The van der Waals surface area contributed by atoms with E-state index in [1.165, 1.54) is 12.1 Å². The van der Waals surface area contributed by atoms with Crippen LogP contribution in [0.15, 0.2) is 23.1 Å². The molecule has 1 unspecified atom stereocenters. The Morgan fingerprint density at radius 3 is 2.80 bits per heavy atom. The molecule has 7 heteroatoms. The second kappa shape index (κ2) is 5.61. The first kappa shape index (κ1) is 15.1. The van der Waals surface area contributed by atoms with Gasteiger partial charge in [-0.3, -0.25) is 4.79 Å². The molecule has 1 aliphatic heterocycles. The summed E-state index contributed by atoms with van der Waals surface area (Å²) in [7, 11) is 1.54. The molecule has 0 aliphatic carbocycles. The Hall–Kier alpha value is -1.27. The fourth-order valence-corrected chi connectivity index (χ4v) is 2.87. The zero-order valence-corrected chi connectivity index (χ0v) is 12.8. The smallest absolute Gasteiger partial charge is 0.261 e. The molecule has 1 atom stereocenters. The Kier molecular flexibility index (Phi) is 4.25. The summed E-state index contributed by atoms with van der Waals surface area (Å²) in [5, 5.41) is 2.84. The second-order valence-electron chi connectivity index (χ2n) is 5.17. The van der Waals surface area contributed by atoms with Crippen LogP contribution < -0.4 is 10.1 Å². The van der Waals surface area contributed by atoms with Gasteiger partial charge in [-0.1, -0.05) is 13.8 Å². The molecule has 0 fully saturated rings. The number of fused-ring (bicyclic) bond motifs is 1. The highest BCUT2D eigenvalue weighted by Crippen LogP contribution is 2.34. The van der Waals surface area contributed by atoms with E-state index in [4.69, 9.17) is 15.4 Å². The molecule has 0 radical (unpaired) electrons. The standard InChI is InChI=1S/C13H16ClNO4S/c1-8(2)5-13(16)15-11-7-19-12-4-3-9(6-10(11)12)20(14,17)18/h3-4,6,8,11H,5,7H2,1-2H3,(H,15,16). The molecule has 0 bridgehead atoms. The summed E-state index contributed by atoms with van der Waals surface area (Å²) < 4.78 is 28.1. The highest BCUT2D eigenvalue weighted by molar-refractivity contribution is 8.13. The third kappa shape index (κ3) is 3.43. The zero-order chi connectivity index (χ0) is 14.9. The maximum Gasteiger partial charge on any atom is 0.261 e. The SMILES string of the molecule is CC(C)CC(=O)NC1COc2ccc(S(=O)(=O)Cl)cc21. The minimum Gasteiger partial charge on any atom is -0.491 e. The third-order valence-corrected chi connectivity index (χ3v) is 4.32. The van der Waals surface area contributed by atoms with E-state index in [0.29, 0.717) is 24.3 Å². The molecule has 0 spiro atoms. The molecule has 1 N–H and O–H groups in total. The van der Waals surface area contributed by atoms with Gasteiger partial charge in [-0.2, -0.15) is 0 Å². The summed E-state index contributed by atoms with van der Waals surface area (Å²) in [6.45, 7) is 4.21. The molecule has 1 aromatic rings. The van der Waals surface area contributed by atoms with E-state index in [1.807, 2.05) is 13.8 Å². The van der Waals surface area contributed by atoms with Crippen LogP contribution >= 0.6 is 10.7 Å². The lowest BCUT2D eigenvalue weighted by molar-refractivity contribution is -0.122. The lowest BCUT2D eigenvalue weighted by Gasteiger charge is -2.13. The number of benzene rings is 1. The van der Waals surface area contributed by atoms with Crippen LogP contribution in [0.2, 0.25) is 0 Å². The van der Waals surface area contributed by atoms with Gasteiger partial charge in [0, 0.05) is 22.7 Å². The number of amides is 1. The van der Waals surface area contributed by atoms with Crippen molar-refractivity contribution in [3.8, 4) is 5.75 Å². The van der Waals surface area contributed by atoms with Crippen molar-refractivity contribution in [2.75, 3.05) is 6.61 Å². The van der Waals surface area contributed by atoms with Crippen LogP contribution in [-0.2, 0) is 13.8 Å². The Labute approximate surface area is 122 Å². The van der Waals surface area contributed by atoms with E-state index in [-0.39, 0.29) is 22.8 Å². The van der Waals surface area contributed by atoms with Gasteiger partial charge in [0.05, 0.1) is 10.9 Å². The summed E-state index contributed by atoms with van der Waals surface area (Å²) in [5.74, 6) is 0.746. The number of carbonyl (C=O) groups excluding carboxylic acids is 1. The molecule has 0 saturated heterocycles. The Bertz CT molecular complexity index is 627. The van der Waals surface area contributed by atoms with Crippen LogP contribution in [0.4, 0.5) is 0 Å². The van der Waals surface area contributed by atoms with Crippen molar-refractivity contribution >= 4 is 25.6 Å². The van der Waals surface area contributed by atoms with Gasteiger partial charge < -0.3 is 10.1 Å². The minimum atomic E-state index is -3.79. The molecule has 0 saturated carbocycles. The summed E-state index contributed by atoms with van der Waals surface area (Å²) in [6, 6.07) is 4.05. The first-order valence-corrected chi connectivity index (χ1v) is 8.59. The van der Waals surface area contributed by atoms with Gasteiger partial charge in [-0.05, 0) is 24.1 Å². The van der Waals surface area contributed by atoms with Crippen molar-refractivity contribution in [3.63, 3.8) is 0 Å². The molecular weight excluding hydrogens is 302 g/mol.